The number of carbonyl (C=O) groups is 1. The Kier molecular flexibility index (Phi) is 3.43. The number of carbonyl (C=O) groups excluding carboxylic acids is 1. The summed E-state index contributed by atoms with van der Waals surface area (Å²) >= 11 is 6.74. The lowest BCUT2D eigenvalue weighted by Crippen LogP contribution is -1.97. The molecule has 3 rings (SSSR count). The summed E-state index contributed by atoms with van der Waals surface area (Å²) in [4.78, 5) is 16.8. The lowest BCUT2D eigenvalue weighted by Gasteiger charge is -2.08. The number of halogens is 1. The van der Waals surface area contributed by atoms with Crippen molar-refractivity contribution in [3.05, 3.63) is 41.7 Å². The van der Waals surface area contributed by atoms with E-state index in [-0.39, 0.29) is 5.78 Å². The quantitative estimate of drug-likeness (QED) is 0.703. The summed E-state index contributed by atoms with van der Waals surface area (Å²) in [6.07, 6.45) is 4.83. The van der Waals surface area contributed by atoms with E-state index in [1.165, 1.54) is 28.2 Å². The highest BCUT2D eigenvalue weighted by Crippen LogP contribution is 2.33. The van der Waals surface area contributed by atoms with E-state index in [9.17, 15) is 4.79 Å². The zero-order chi connectivity index (χ0) is 12.7. The molecule has 0 aliphatic heterocycles. The van der Waals surface area contributed by atoms with Crippen molar-refractivity contribution in [2.75, 3.05) is 0 Å². The van der Waals surface area contributed by atoms with Crippen LogP contribution in [0.4, 0.5) is 0 Å². The predicted molar refractivity (Wildman–Crippen MR) is 81.1 cm³/mol. The monoisotopic (exact) mass is 340 g/mol. The molecule has 2 aromatic rings. The van der Waals surface area contributed by atoms with E-state index in [1.54, 1.807) is 22.7 Å². The Morgan fingerprint density at radius 3 is 2.56 bits per heavy atom. The standard InChI is InChI=1S/C14H13BrOS2/c1-8-10(15)7-13(17-8)14(16)12-6-9-4-2-3-5-11(9)18-12/h6-7H,2-5H2,1H3. The summed E-state index contributed by atoms with van der Waals surface area (Å²) in [7, 11) is 0. The van der Waals surface area contributed by atoms with Gasteiger partial charge < -0.3 is 0 Å². The average molecular weight is 341 g/mol. The zero-order valence-corrected chi connectivity index (χ0v) is 13.3. The van der Waals surface area contributed by atoms with E-state index in [0.29, 0.717) is 0 Å². The van der Waals surface area contributed by atoms with Crippen molar-refractivity contribution in [3.63, 3.8) is 0 Å². The topological polar surface area (TPSA) is 17.1 Å². The summed E-state index contributed by atoms with van der Waals surface area (Å²) in [5.41, 5.74) is 1.40. The fourth-order valence-electron chi connectivity index (χ4n) is 2.30. The molecule has 0 saturated heterocycles. The first-order valence-corrected chi connectivity index (χ1v) is 8.50. The summed E-state index contributed by atoms with van der Waals surface area (Å²) in [5, 5.41) is 0. The average Bonchev–Trinajstić information content (AvgIpc) is 2.93. The third-order valence-corrected chi connectivity index (χ3v) is 6.67. The van der Waals surface area contributed by atoms with Crippen LogP contribution in [0, 0.1) is 6.92 Å². The smallest absolute Gasteiger partial charge is 0.212 e. The summed E-state index contributed by atoms with van der Waals surface area (Å²) in [6, 6.07) is 4.06. The molecule has 1 nitrogen and oxygen atoms in total. The maximum atomic E-state index is 12.4. The lowest BCUT2D eigenvalue weighted by atomic mass is 9.99. The van der Waals surface area contributed by atoms with Crippen LogP contribution in [0.3, 0.4) is 0 Å². The number of thiophene rings is 2. The van der Waals surface area contributed by atoms with Gasteiger partial charge in [0.2, 0.25) is 5.78 Å². The van der Waals surface area contributed by atoms with Crippen LogP contribution >= 0.6 is 38.6 Å². The van der Waals surface area contributed by atoms with Crippen molar-refractivity contribution >= 4 is 44.4 Å². The number of hydrogen-bond donors (Lipinski definition) is 0. The van der Waals surface area contributed by atoms with Crippen molar-refractivity contribution in [3.8, 4) is 0 Å². The minimum absolute atomic E-state index is 0.188. The van der Waals surface area contributed by atoms with Crippen molar-refractivity contribution in [1.82, 2.24) is 0 Å². The molecule has 4 heteroatoms. The zero-order valence-electron chi connectivity index (χ0n) is 10.1. The van der Waals surface area contributed by atoms with Gasteiger partial charge in [-0.1, -0.05) is 0 Å². The molecule has 2 aromatic heterocycles. The van der Waals surface area contributed by atoms with Crippen LogP contribution in [-0.2, 0) is 12.8 Å². The third kappa shape index (κ3) is 2.22. The van der Waals surface area contributed by atoms with Gasteiger partial charge in [0.1, 0.15) is 0 Å². The fraction of sp³-hybridized carbons (Fsp3) is 0.357. The highest BCUT2D eigenvalue weighted by molar-refractivity contribution is 9.10. The molecule has 0 spiro atoms. The van der Waals surface area contributed by atoms with E-state index >= 15 is 0 Å². The first-order chi connectivity index (χ1) is 8.65. The molecular formula is C14H13BrOS2. The number of fused-ring (bicyclic) bond motifs is 1. The Balaban J connectivity index is 1.94. The van der Waals surface area contributed by atoms with Gasteiger partial charge in [0.05, 0.1) is 9.75 Å². The van der Waals surface area contributed by atoms with Crippen LogP contribution in [0.15, 0.2) is 16.6 Å². The van der Waals surface area contributed by atoms with Crippen LogP contribution < -0.4 is 0 Å². The lowest BCUT2D eigenvalue weighted by molar-refractivity contribution is 0.104. The van der Waals surface area contributed by atoms with Crippen LogP contribution in [0.5, 0.6) is 0 Å². The summed E-state index contributed by atoms with van der Waals surface area (Å²) in [5.74, 6) is 0.188. The first kappa shape index (κ1) is 12.6. The van der Waals surface area contributed by atoms with Crippen molar-refractivity contribution in [2.24, 2.45) is 0 Å². The van der Waals surface area contributed by atoms with Gasteiger partial charge in [-0.25, -0.2) is 0 Å². The largest absolute Gasteiger partial charge is 0.287 e. The Morgan fingerprint density at radius 2 is 1.89 bits per heavy atom. The number of aryl methyl sites for hydroxylation is 3. The molecule has 0 radical (unpaired) electrons. The van der Waals surface area contributed by atoms with Crippen molar-refractivity contribution in [2.45, 2.75) is 32.6 Å². The minimum Gasteiger partial charge on any atom is -0.287 e. The van der Waals surface area contributed by atoms with Crippen LogP contribution in [0.2, 0.25) is 0 Å². The first-order valence-electron chi connectivity index (χ1n) is 6.07. The maximum absolute atomic E-state index is 12.4. The Morgan fingerprint density at radius 1 is 1.17 bits per heavy atom. The fourth-order valence-corrected chi connectivity index (χ4v) is 5.06. The number of ketones is 1. The molecule has 2 heterocycles. The molecule has 0 N–H and O–H groups in total. The van der Waals surface area contributed by atoms with Gasteiger partial charge in [-0.3, -0.25) is 4.79 Å². The summed E-state index contributed by atoms with van der Waals surface area (Å²) in [6.45, 7) is 2.03. The normalized spacial score (nSPS) is 14.6. The second kappa shape index (κ2) is 4.91. The van der Waals surface area contributed by atoms with Gasteiger partial charge in [-0.15, -0.1) is 22.7 Å². The SMILES string of the molecule is Cc1sc(C(=O)c2cc3c(s2)CCCC3)cc1Br. The molecule has 0 fully saturated rings. The van der Waals surface area contributed by atoms with Gasteiger partial charge >= 0.3 is 0 Å². The molecule has 1 aliphatic rings. The van der Waals surface area contributed by atoms with Crippen LogP contribution in [-0.4, -0.2) is 5.78 Å². The van der Waals surface area contributed by atoms with E-state index < -0.39 is 0 Å². The third-order valence-electron chi connectivity index (χ3n) is 3.30. The van der Waals surface area contributed by atoms with Gasteiger partial charge in [0.25, 0.3) is 0 Å². The highest BCUT2D eigenvalue weighted by Gasteiger charge is 2.20. The molecule has 94 valence electrons. The number of hydrogen-bond acceptors (Lipinski definition) is 3. The molecular weight excluding hydrogens is 328 g/mol. The Bertz CT molecular complexity index is 566. The second-order valence-electron chi connectivity index (χ2n) is 4.61. The molecule has 0 bridgehead atoms. The Labute approximate surface area is 123 Å². The number of rotatable bonds is 2. The molecule has 0 saturated carbocycles. The van der Waals surface area contributed by atoms with E-state index in [0.717, 1.165) is 27.1 Å². The van der Waals surface area contributed by atoms with E-state index in [2.05, 4.69) is 22.0 Å². The Hall–Kier alpha value is -0.450. The summed E-state index contributed by atoms with van der Waals surface area (Å²) < 4.78 is 1.04. The van der Waals surface area contributed by atoms with E-state index in [1.807, 2.05) is 13.0 Å². The molecule has 18 heavy (non-hydrogen) atoms. The highest BCUT2D eigenvalue weighted by atomic mass is 79.9. The van der Waals surface area contributed by atoms with Crippen molar-refractivity contribution in [1.29, 1.82) is 0 Å². The van der Waals surface area contributed by atoms with Crippen molar-refractivity contribution < 1.29 is 4.79 Å². The molecule has 0 aromatic carbocycles. The van der Waals surface area contributed by atoms with Crippen LogP contribution in [0.1, 0.15) is 42.7 Å². The van der Waals surface area contributed by atoms with Gasteiger partial charge in [-0.2, -0.15) is 0 Å². The van der Waals surface area contributed by atoms with Gasteiger partial charge in [-0.05, 0) is 66.2 Å². The molecule has 0 amide bonds. The van der Waals surface area contributed by atoms with E-state index in [4.69, 9.17) is 0 Å². The molecule has 0 unspecified atom stereocenters. The molecule has 1 aliphatic carbocycles. The minimum atomic E-state index is 0.188. The molecule has 0 atom stereocenters. The maximum Gasteiger partial charge on any atom is 0.212 e. The van der Waals surface area contributed by atoms with Gasteiger partial charge in [0.15, 0.2) is 0 Å². The van der Waals surface area contributed by atoms with Crippen LogP contribution in [0.25, 0.3) is 0 Å². The second-order valence-corrected chi connectivity index (χ2v) is 7.86. The predicted octanol–water partition coefficient (Wildman–Crippen LogP) is 4.99. The van der Waals surface area contributed by atoms with Gasteiger partial charge in [0, 0.05) is 14.2 Å².